The van der Waals surface area contributed by atoms with Crippen molar-refractivity contribution < 1.29 is 34.1 Å². The maximum Gasteiger partial charge on any atom is 0.338 e. The number of halogens is 1. The summed E-state index contributed by atoms with van der Waals surface area (Å²) in [6.45, 7) is 2.86. The van der Waals surface area contributed by atoms with E-state index in [1.54, 1.807) is 0 Å². The van der Waals surface area contributed by atoms with Crippen molar-refractivity contribution in [2.75, 3.05) is 12.5 Å². The normalized spacial score (nSPS) is 12.8. The van der Waals surface area contributed by atoms with Gasteiger partial charge in [-0.15, -0.1) is 11.6 Å². The number of aliphatic hydroxyl groups is 1. The molecule has 2 atom stereocenters. The van der Waals surface area contributed by atoms with E-state index in [1.165, 1.54) is 24.3 Å². The second-order valence-electron chi connectivity index (χ2n) is 4.74. The van der Waals surface area contributed by atoms with Gasteiger partial charge in [-0.2, -0.15) is 0 Å². The molecular weight excluding hydrogens is 340 g/mol. The second kappa shape index (κ2) is 9.69. The average molecular weight is 356 g/mol. The summed E-state index contributed by atoms with van der Waals surface area (Å²) in [6.07, 6.45) is -1.06. The predicted octanol–water partition coefficient (Wildman–Crippen LogP) is 0.294. The minimum absolute atomic E-state index is 0.0571. The summed E-state index contributed by atoms with van der Waals surface area (Å²) in [5.41, 5.74) is -0.507. The van der Waals surface area contributed by atoms with Crippen LogP contribution in [0.1, 0.15) is 27.1 Å². The number of hydrogen-bond donors (Lipinski definition) is 1. The zero-order chi connectivity index (χ0) is 18.1. The first-order valence-corrected chi connectivity index (χ1v) is 7.47. The van der Waals surface area contributed by atoms with Gasteiger partial charge in [-0.3, -0.25) is 0 Å². The number of hydrogen-bond acceptors (Lipinski definition) is 7. The third-order valence-electron chi connectivity index (χ3n) is 2.93. The van der Waals surface area contributed by atoms with E-state index in [-0.39, 0.29) is 30.0 Å². The molecule has 7 nitrogen and oxygen atoms in total. The lowest BCUT2D eigenvalue weighted by atomic mass is 10.1. The van der Waals surface area contributed by atoms with Crippen LogP contribution in [0.2, 0.25) is 0 Å². The molecule has 0 bridgehead atoms. The quantitative estimate of drug-likeness (QED) is 0.385. The minimum atomic E-state index is -1.52. The number of aromatic carboxylic acids is 1. The first-order valence-electron chi connectivity index (χ1n) is 6.93. The van der Waals surface area contributed by atoms with Crippen molar-refractivity contribution in [3.63, 3.8) is 0 Å². The molecule has 8 heteroatoms. The van der Waals surface area contributed by atoms with Gasteiger partial charge < -0.3 is 24.5 Å². The Labute approximate surface area is 143 Å². The maximum atomic E-state index is 12.0. The largest absolute Gasteiger partial charge is 0.545 e. The van der Waals surface area contributed by atoms with E-state index in [2.05, 4.69) is 6.58 Å². The summed E-state index contributed by atoms with van der Waals surface area (Å²) in [5, 5.41) is 20.5. The molecule has 0 saturated carbocycles. The Morgan fingerprint density at radius 2 is 1.92 bits per heavy atom. The van der Waals surface area contributed by atoms with Crippen LogP contribution in [0.15, 0.2) is 36.9 Å². The molecule has 1 aromatic carbocycles. The number of rotatable bonds is 9. The van der Waals surface area contributed by atoms with Crippen LogP contribution in [0.25, 0.3) is 0 Å². The summed E-state index contributed by atoms with van der Waals surface area (Å²) < 4.78 is 9.93. The van der Waals surface area contributed by atoms with E-state index in [0.29, 0.717) is 0 Å². The Kier molecular flexibility index (Phi) is 7.94. The summed E-state index contributed by atoms with van der Waals surface area (Å²) in [7, 11) is 0. The second-order valence-corrected chi connectivity index (χ2v) is 5.05. The molecular formula is C16H16ClO7-. The fourth-order valence-electron chi connectivity index (χ4n) is 1.81. The third-order valence-corrected chi connectivity index (χ3v) is 3.29. The lowest BCUT2D eigenvalue weighted by Gasteiger charge is -2.19. The highest BCUT2D eigenvalue weighted by atomic mass is 35.5. The summed E-state index contributed by atoms with van der Waals surface area (Å²) in [6, 6.07) is 5.38. The topological polar surface area (TPSA) is 113 Å². The minimum Gasteiger partial charge on any atom is -0.545 e. The molecule has 2 unspecified atom stereocenters. The number of benzene rings is 1. The van der Waals surface area contributed by atoms with Crippen LogP contribution in [0.4, 0.5) is 0 Å². The van der Waals surface area contributed by atoms with Crippen molar-refractivity contribution in [3.05, 3.63) is 48.0 Å². The van der Waals surface area contributed by atoms with Gasteiger partial charge in [-0.1, -0.05) is 24.8 Å². The molecule has 0 spiro atoms. The van der Waals surface area contributed by atoms with Gasteiger partial charge in [0, 0.05) is 23.9 Å². The smallest absolute Gasteiger partial charge is 0.338 e. The molecule has 0 radical (unpaired) electrons. The fourth-order valence-corrected chi connectivity index (χ4v) is 1.94. The summed E-state index contributed by atoms with van der Waals surface area (Å²) in [4.78, 5) is 34.3. The van der Waals surface area contributed by atoms with E-state index in [9.17, 15) is 24.6 Å². The molecule has 1 N–H and O–H groups in total. The highest BCUT2D eigenvalue weighted by molar-refractivity contribution is 6.18. The maximum absolute atomic E-state index is 12.0. The number of carboxylic acids is 1. The van der Waals surface area contributed by atoms with Crippen LogP contribution in [-0.2, 0) is 14.3 Å². The number of carboxylic acid groups (broad SMARTS) is 1. The van der Waals surface area contributed by atoms with Crippen molar-refractivity contribution in [2.45, 2.75) is 18.6 Å². The number of ether oxygens (including phenoxy) is 2. The molecule has 24 heavy (non-hydrogen) atoms. The monoisotopic (exact) mass is 355 g/mol. The van der Waals surface area contributed by atoms with Crippen molar-refractivity contribution in [1.82, 2.24) is 0 Å². The lowest BCUT2D eigenvalue weighted by Crippen LogP contribution is -2.30. The number of esters is 2. The van der Waals surface area contributed by atoms with E-state index < -0.39 is 30.1 Å². The van der Waals surface area contributed by atoms with Gasteiger partial charge in [0.2, 0.25) is 0 Å². The van der Waals surface area contributed by atoms with Crippen LogP contribution in [-0.4, -0.2) is 47.7 Å². The van der Waals surface area contributed by atoms with Gasteiger partial charge >= 0.3 is 11.9 Å². The molecule has 1 aromatic rings. The Morgan fingerprint density at radius 3 is 2.46 bits per heavy atom. The molecule has 130 valence electrons. The van der Waals surface area contributed by atoms with Crippen molar-refractivity contribution in [1.29, 1.82) is 0 Å². The van der Waals surface area contributed by atoms with Gasteiger partial charge in [0.15, 0.2) is 0 Å². The van der Waals surface area contributed by atoms with Crippen molar-refractivity contribution in [2.24, 2.45) is 0 Å². The van der Waals surface area contributed by atoms with Gasteiger partial charge in [-0.05, 0) is 6.07 Å². The fraction of sp³-hybridized carbons (Fsp3) is 0.312. The lowest BCUT2D eigenvalue weighted by molar-refractivity contribution is -0.255. The Morgan fingerprint density at radius 1 is 1.29 bits per heavy atom. The predicted molar refractivity (Wildman–Crippen MR) is 82.5 cm³/mol. The zero-order valence-corrected chi connectivity index (χ0v) is 13.4. The first-order chi connectivity index (χ1) is 11.4. The van der Waals surface area contributed by atoms with Gasteiger partial charge in [-0.25, -0.2) is 9.59 Å². The third kappa shape index (κ3) is 6.02. The van der Waals surface area contributed by atoms with Crippen LogP contribution in [0.5, 0.6) is 0 Å². The molecule has 1 rings (SSSR count). The van der Waals surface area contributed by atoms with Gasteiger partial charge in [0.05, 0.1) is 17.6 Å². The zero-order valence-electron chi connectivity index (χ0n) is 12.6. The van der Waals surface area contributed by atoms with Crippen LogP contribution >= 0.6 is 11.6 Å². The average Bonchev–Trinajstić information content (AvgIpc) is 2.58. The SMILES string of the molecule is C=CC(=O)OC(COC(=O)c1ccccc1C(=O)[O-])CC(O)CCl. The molecule has 0 fully saturated rings. The van der Waals surface area contributed by atoms with Crippen LogP contribution in [0, 0.1) is 0 Å². The van der Waals surface area contributed by atoms with E-state index >= 15 is 0 Å². The van der Waals surface area contributed by atoms with Gasteiger partial charge in [0.1, 0.15) is 12.7 Å². The van der Waals surface area contributed by atoms with E-state index in [1.807, 2.05) is 0 Å². The number of carbonyl (C=O) groups is 3. The number of aliphatic hydroxyl groups excluding tert-OH is 1. The molecule has 0 heterocycles. The van der Waals surface area contributed by atoms with Crippen LogP contribution < -0.4 is 5.11 Å². The van der Waals surface area contributed by atoms with Crippen molar-refractivity contribution in [3.8, 4) is 0 Å². The molecule has 0 saturated heterocycles. The Bertz CT molecular complexity index is 614. The summed E-state index contributed by atoms with van der Waals surface area (Å²) >= 11 is 5.49. The molecule has 0 aliphatic carbocycles. The highest BCUT2D eigenvalue weighted by Crippen LogP contribution is 2.12. The standard InChI is InChI=1S/C16H17ClO7/c1-2-14(19)24-11(7-10(18)8-17)9-23-16(22)13-6-4-3-5-12(13)15(20)21/h2-6,10-11,18H,1,7-9H2,(H,20,21)/p-1. The Balaban J connectivity index is 2.78. The molecule has 0 aliphatic heterocycles. The van der Waals surface area contributed by atoms with E-state index in [4.69, 9.17) is 21.1 Å². The first kappa shape index (κ1) is 19.7. The number of carbonyl (C=O) groups excluding carboxylic acids is 3. The molecule has 0 aliphatic rings. The molecule has 0 aromatic heterocycles. The van der Waals surface area contributed by atoms with Gasteiger partial charge in [0.25, 0.3) is 0 Å². The number of alkyl halides is 1. The highest BCUT2D eigenvalue weighted by Gasteiger charge is 2.21. The van der Waals surface area contributed by atoms with E-state index in [0.717, 1.165) is 6.08 Å². The van der Waals surface area contributed by atoms with Crippen molar-refractivity contribution >= 4 is 29.5 Å². The Hall–Kier alpha value is -2.38. The van der Waals surface area contributed by atoms with Crippen LogP contribution in [0.3, 0.4) is 0 Å². The summed E-state index contributed by atoms with van der Waals surface area (Å²) in [5.74, 6) is -3.29. The molecule has 0 amide bonds.